The topological polar surface area (TPSA) is 46.1 Å². The summed E-state index contributed by atoms with van der Waals surface area (Å²) < 4.78 is 0. The van der Waals surface area contributed by atoms with E-state index in [1.54, 1.807) is 12.4 Å². The van der Waals surface area contributed by atoms with Crippen molar-refractivity contribution in [2.45, 2.75) is 19.8 Å². The quantitative estimate of drug-likeness (QED) is 0.708. The summed E-state index contributed by atoms with van der Waals surface area (Å²) in [6, 6.07) is 13.7. The van der Waals surface area contributed by atoms with Gasteiger partial charge < -0.3 is 4.90 Å². The van der Waals surface area contributed by atoms with Crippen molar-refractivity contribution in [3.05, 3.63) is 60.4 Å². The maximum atomic E-state index is 13.2. The second-order valence-electron chi connectivity index (χ2n) is 6.81. The number of hydrogen-bond donors (Lipinski definition) is 0. The van der Waals surface area contributed by atoms with Crippen LogP contribution in [0, 0.1) is 5.92 Å². The predicted octanol–water partition coefficient (Wildman–Crippen LogP) is 4.17. The minimum atomic E-state index is 0.112. The first-order chi connectivity index (χ1) is 12.2. The molecule has 0 N–H and O–H groups in total. The van der Waals surface area contributed by atoms with Crippen molar-refractivity contribution >= 4 is 16.8 Å². The number of aromatic nitrogens is 2. The van der Waals surface area contributed by atoms with Crippen LogP contribution in [0.5, 0.6) is 0 Å². The minimum Gasteiger partial charge on any atom is -0.338 e. The first kappa shape index (κ1) is 15.8. The Labute approximate surface area is 147 Å². The second-order valence-corrected chi connectivity index (χ2v) is 6.81. The van der Waals surface area contributed by atoms with Crippen LogP contribution in [0.25, 0.3) is 22.2 Å². The van der Waals surface area contributed by atoms with Crippen LogP contribution < -0.4 is 0 Å². The molecule has 3 heterocycles. The van der Waals surface area contributed by atoms with E-state index in [4.69, 9.17) is 4.98 Å². The Morgan fingerprint density at radius 3 is 2.76 bits per heavy atom. The van der Waals surface area contributed by atoms with Gasteiger partial charge in [0.15, 0.2) is 0 Å². The van der Waals surface area contributed by atoms with Crippen molar-refractivity contribution in [3.63, 3.8) is 0 Å². The van der Waals surface area contributed by atoms with E-state index in [-0.39, 0.29) is 5.91 Å². The van der Waals surface area contributed by atoms with E-state index in [2.05, 4.69) is 11.9 Å². The highest BCUT2D eigenvalue weighted by atomic mass is 16.2. The van der Waals surface area contributed by atoms with Crippen LogP contribution in [0.4, 0.5) is 0 Å². The fourth-order valence-electron chi connectivity index (χ4n) is 3.57. The van der Waals surface area contributed by atoms with Crippen molar-refractivity contribution in [2.75, 3.05) is 13.1 Å². The van der Waals surface area contributed by atoms with Gasteiger partial charge >= 0.3 is 0 Å². The van der Waals surface area contributed by atoms with Crippen molar-refractivity contribution in [2.24, 2.45) is 5.92 Å². The van der Waals surface area contributed by atoms with E-state index in [0.29, 0.717) is 5.92 Å². The summed E-state index contributed by atoms with van der Waals surface area (Å²) in [5.74, 6) is 0.672. The Kier molecular flexibility index (Phi) is 4.18. The van der Waals surface area contributed by atoms with Crippen LogP contribution in [0.3, 0.4) is 0 Å². The lowest BCUT2D eigenvalue weighted by Crippen LogP contribution is -2.39. The SMILES string of the molecule is CC1CCCN(C(=O)c2cc(-c3ccncc3)nc3ccccc23)C1. The molecule has 1 aromatic carbocycles. The molecular weight excluding hydrogens is 310 g/mol. The number of pyridine rings is 2. The molecule has 1 aliphatic rings. The molecule has 4 heteroatoms. The third-order valence-electron chi connectivity index (χ3n) is 4.87. The first-order valence-corrected chi connectivity index (χ1v) is 8.82. The van der Waals surface area contributed by atoms with Gasteiger partial charge in [-0.15, -0.1) is 0 Å². The van der Waals surface area contributed by atoms with Crippen LogP contribution in [-0.4, -0.2) is 33.9 Å². The fraction of sp³-hybridized carbons (Fsp3) is 0.286. The second kappa shape index (κ2) is 6.63. The lowest BCUT2D eigenvalue weighted by Gasteiger charge is -2.31. The number of nitrogens with zero attached hydrogens (tertiary/aromatic N) is 3. The fourth-order valence-corrected chi connectivity index (χ4v) is 3.57. The highest BCUT2D eigenvalue weighted by Crippen LogP contribution is 2.27. The molecule has 1 amide bonds. The Hall–Kier alpha value is -2.75. The monoisotopic (exact) mass is 331 g/mol. The molecule has 0 saturated carbocycles. The normalized spacial score (nSPS) is 17.6. The van der Waals surface area contributed by atoms with Crippen LogP contribution in [0.15, 0.2) is 54.9 Å². The van der Waals surface area contributed by atoms with Gasteiger partial charge in [0.2, 0.25) is 0 Å². The van der Waals surface area contributed by atoms with Crippen molar-refractivity contribution in [3.8, 4) is 11.3 Å². The number of carbonyl (C=O) groups is 1. The third kappa shape index (κ3) is 3.12. The Balaban J connectivity index is 1.82. The lowest BCUT2D eigenvalue weighted by molar-refractivity contribution is 0.0685. The number of piperidine rings is 1. The van der Waals surface area contributed by atoms with Gasteiger partial charge in [0.25, 0.3) is 5.91 Å². The Morgan fingerprint density at radius 1 is 1.16 bits per heavy atom. The van der Waals surface area contributed by atoms with Crippen molar-refractivity contribution < 1.29 is 4.79 Å². The van der Waals surface area contributed by atoms with Crippen LogP contribution in [0.2, 0.25) is 0 Å². The molecular formula is C21H21N3O. The van der Waals surface area contributed by atoms with Gasteiger partial charge in [0.05, 0.1) is 16.8 Å². The predicted molar refractivity (Wildman–Crippen MR) is 99.3 cm³/mol. The van der Waals surface area contributed by atoms with E-state index in [9.17, 15) is 4.79 Å². The maximum absolute atomic E-state index is 13.2. The summed E-state index contributed by atoms with van der Waals surface area (Å²) in [6.07, 6.45) is 5.77. The Morgan fingerprint density at radius 2 is 1.96 bits per heavy atom. The number of benzene rings is 1. The molecule has 4 nitrogen and oxygen atoms in total. The Bertz CT molecular complexity index is 907. The van der Waals surface area contributed by atoms with Crippen LogP contribution in [-0.2, 0) is 0 Å². The van der Waals surface area contributed by atoms with Gasteiger partial charge in [-0.1, -0.05) is 25.1 Å². The molecule has 1 atom stereocenters. The number of amides is 1. The van der Waals surface area contributed by atoms with Gasteiger partial charge in [-0.2, -0.15) is 0 Å². The molecule has 1 saturated heterocycles. The summed E-state index contributed by atoms with van der Waals surface area (Å²) in [6.45, 7) is 3.89. The largest absolute Gasteiger partial charge is 0.338 e. The summed E-state index contributed by atoms with van der Waals surface area (Å²) in [7, 11) is 0. The molecule has 3 aromatic rings. The van der Waals surface area contributed by atoms with Crippen LogP contribution in [0.1, 0.15) is 30.1 Å². The molecule has 2 aromatic heterocycles. The highest BCUT2D eigenvalue weighted by Gasteiger charge is 2.24. The molecule has 1 aliphatic heterocycles. The number of rotatable bonds is 2. The molecule has 0 spiro atoms. The summed E-state index contributed by atoms with van der Waals surface area (Å²) in [5.41, 5.74) is 3.38. The number of para-hydroxylation sites is 1. The van der Waals surface area contributed by atoms with E-state index < -0.39 is 0 Å². The zero-order valence-corrected chi connectivity index (χ0v) is 14.4. The van der Waals surface area contributed by atoms with E-state index >= 15 is 0 Å². The molecule has 1 unspecified atom stereocenters. The van der Waals surface area contributed by atoms with Gasteiger partial charge in [-0.3, -0.25) is 9.78 Å². The minimum absolute atomic E-state index is 0.112. The molecule has 0 bridgehead atoms. The highest BCUT2D eigenvalue weighted by molar-refractivity contribution is 6.07. The first-order valence-electron chi connectivity index (χ1n) is 8.82. The van der Waals surface area contributed by atoms with Gasteiger partial charge in [0, 0.05) is 36.4 Å². The smallest absolute Gasteiger partial charge is 0.254 e. The summed E-state index contributed by atoms with van der Waals surface area (Å²) in [5, 5.41) is 0.920. The number of likely N-dealkylation sites (tertiary alicyclic amines) is 1. The van der Waals surface area contributed by atoms with Crippen molar-refractivity contribution in [1.29, 1.82) is 0 Å². The molecule has 126 valence electrons. The summed E-state index contributed by atoms with van der Waals surface area (Å²) in [4.78, 5) is 24.0. The molecule has 25 heavy (non-hydrogen) atoms. The zero-order valence-electron chi connectivity index (χ0n) is 14.4. The van der Waals surface area contributed by atoms with Gasteiger partial charge in [0.1, 0.15) is 0 Å². The number of hydrogen-bond acceptors (Lipinski definition) is 3. The zero-order chi connectivity index (χ0) is 17.2. The van der Waals surface area contributed by atoms with Crippen molar-refractivity contribution in [1.82, 2.24) is 14.9 Å². The maximum Gasteiger partial charge on any atom is 0.254 e. The third-order valence-corrected chi connectivity index (χ3v) is 4.87. The van der Waals surface area contributed by atoms with E-state index in [1.807, 2.05) is 47.4 Å². The van der Waals surface area contributed by atoms with Gasteiger partial charge in [-0.25, -0.2) is 4.98 Å². The molecule has 0 aliphatic carbocycles. The van der Waals surface area contributed by atoms with E-state index in [1.165, 1.54) is 6.42 Å². The van der Waals surface area contributed by atoms with Gasteiger partial charge in [-0.05, 0) is 43.0 Å². The molecule has 0 radical (unpaired) electrons. The van der Waals surface area contributed by atoms with Crippen LogP contribution >= 0.6 is 0 Å². The molecule has 4 rings (SSSR count). The standard InChI is InChI=1S/C21H21N3O/c1-15-5-4-12-24(14-15)21(25)18-13-20(16-8-10-22-11-9-16)23-19-7-3-2-6-17(18)19/h2-3,6-11,13,15H,4-5,12,14H2,1H3. The number of carbonyl (C=O) groups excluding carboxylic acids is 1. The summed E-state index contributed by atoms with van der Waals surface area (Å²) >= 11 is 0. The number of fused-ring (bicyclic) bond motifs is 1. The lowest BCUT2D eigenvalue weighted by atomic mass is 9.98. The average molecular weight is 331 g/mol. The molecule has 1 fully saturated rings. The van der Waals surface area contributed by atoms with E-state index in [0.717, 1.165) is 47.2 Å². The average Bonchev–Trinajstić information content (AvgIpc) is 2.67.